The van der Waals surface area contributed by atoms with Crippen molar-refractivity contribution in [2.75, 3.05) is 14.2 Å². The summed E-state index contributed by atoms with van der Waals surface area (Å²) < 4.78 is 4.74. The van der Waals surface area contributed by atoms with Crippen molar-refractivity contribution >= 4 is 5.78 Å². The lowest BCUT2D eigenvalue weighted by Gasteiger charge is -2.01. The maximum absolute atomic E-state index is 10.4. The van der Waals surface area contributed by atoms with Crippen LogP contribution >= 0.6 is 0 Å². The summed E-state index contributed by atoms with van der Waals surface area (Å²) in [7, 11) is 3.20. The van der Waals surface area contributed by atoms with Crippen LogP contribution in [0.5, 0.6) is 0 Å². The Hall–Kier alpha value is -0.990. The zero-order valence-electron chi connectivity index (χ0n) is 5.89. The van der Waals surface area contributed by atoms with Gasteiger partial charge < -0.3 is 10.1 Å². The van der Waals surface area contributed by atoms with Gasteiger partial charge in [-0.05, 0) is 6.92 Å². The van der Waals surface area contributed by atoms with Gasteiger partial charge in [-0.15, -0.1) is 0 Å². The van der Waals surface area contributed by atoms with E-state index in [-0.39, 0.29) is 5.78 Å². The summed E-state index contributed by atoms with van der Waals surface area (Å²) in [5.74, 6) is 0.462. The number of allylic oxidation sites excluding steroid dienone is 1. The quantitative estimate of drug-likeness (QED) is 0.439. The third-order valence-electron chi connectivity index (χ3n) is 0.801. The van der Waals surface area contributed by atoms with Crippen LogP contribution in [0.25, 0.3) is 0 Å². The Morgan fingerprint density at radius 3 is 2.33 bits per heavy atom. The van der Waals surface area contributed by atoms with E-state index >= 15 is 0 Å². The molecule has 0 aliphatic heterocycles. The first-order valence-electron chi connectivity index (χ1n) is 2.64. The molecule has 0 spiro atoms. The first-order chi connectivity index (χ1) is 4.20. The molecule has 0 aliphatic carbocycles. The number of ketones is 1. The van der Waals surface area contributed by atoms with Gasteiger partial charge in [-0.25, -0.2) is 0 Å². The van der Waals surface area contributed by atoms with Gasteiger partial charge in [0.2, 0.25) is 0 Å². The Balaban J connectivity index is 3.91. The second kappa shape index (κ2) is 3.95. The lowest BCUT2D eigenvalue weighted by atomic mass is 10.4. The highest BCUT2D eigenvalue weighted by molar-refractivity contribution is 5.87. The monoisotopic (exact) mass is 129 g/mol. The molecular weight excluding hydrogens is 118 g/mol. The van der Waals surface area contributed by atoms with Gasteiger partial charge in [0.05, 0.1) is 7.11 Å². The molecule has 0 saturated heterocycles. The predicted molar refractivity (Wildman–Crippen MR) is 34.8 cm³/mol. The molecule has 3 heteroatoms. The van der Waals surface area contributed by atoms with E-state index in [4.69, 9.17) is 4.74 Å². The van der Waals surface area contributed by atoms with Crippen LogP contribution in [0, 0.1) is 0 Å². The van der Waals surface area contributed by atoms with Crippen LogP contribution < -0.4 is 5.32 Å². The Morgan fingerprint density at radius 1 is 1.67 bits per heavy atom. The fourth-order valence-corrected chi connectivity index (χ4v) is 0.418. The summed E-state index contributed by atoms with van der Waals surface area (Å²) in [6, 6.07) is 0. The smallest absolute Gasteiger partial charge is 0.189 e. The normalized spacial score (nSPS) is 10.8. The summed E-state index contributed by atoms with van der Waals surface area (Å²) in [5.41, 5.74) is 0. The fraction of sp³-hybridized carbons (Fsp3) is 0.500. The molecular formula is C6H11NO2. The summed E-state index contributed by atoms with van der Waals surface area (Å²) in [5, 5.41) is 2.70. The molecule has 0 unspecified atom stereocenters. The number of nitrogens with one attached hydrogen (secondary N) is 1. The molecule has 0 atom stereocenters. The summed E-state index contributed by atoms with van der Waals surface area (Å²) >= 11 is 0. The number of carbonyl (C=O) groups excluding carboxylic acids is 1. The molecule has 9 heavy (non-hydrogen) atoms. The van der Waals surface area contributed by atoms with E-state index in [1.165, 1.54) is 20.1 Å². The second-order valence-electron chi connectivity index (χ2n) is 1.57. The molecule has 0 aliphatic rings. The molecule has 0 fully saturated rings. The van der Waals surface area contributed by atoms with Crippen molar-refractivity contribution in [1.82, 2.24) is 5.32 Å². The molecule has 0 aromatic heterocycles. The predicted octanol–water partition coefficient (Wildman–Crippen LogP) is 0.283. The number of carbonyl (C=O) groups is 1. The standard InChI is InChI=1S/C6H11NO2/c1-5(8)4-6(7-2)9-3/h4,7H,1-3H3. The number of hydrogen-bond donors (Lipinski definition) is 1. The molecule has 0 amide bonds. The van der Waals surface area contributed by atoms with Crippen LogP contribution in [-0.2, 0) is 9.53 Å². The van der Waals surface area contributed by atoms with E-state index < -0.39 is 0 Å². The lowest BCUT2D eigenvalue weighted by molar-refractivity contribution is -0.112. The van der Waals surface area contributed by atoms with E-state index in [9.17, 15) is 4.79 Å². The highest BCUT2D eigenvalue weighted by Gasteiger charge is 1.90. The van der Waals surface area contributed by atoms with Crippen LogP contribution in [0.15, 0.2) is 12.0 Å². The van der Waals surface area contributed by atoms with Crippen molar-refractivity contribution in [3.8, 4) is 0 Å². The van der Waals surface area contributed by atoms with Gasteiger partial charge in [-0.2, -0.15) is 0 Å². The van der Waals surface area contributed by atoms with Crippen LogP contribution in [0.2, 0.25) is 0 Å². The summed E-state index contributed by atoms with van der Waals surface area (Å²) in [4.78, 5) is 10.4. The van der Waals surface area contributed by atoms with Gasteiger partial charge in [0.15, 0.2) is 11.7 Å². The molecule has 0 aromatic carbocycles. The minimum atomic E-state index is -0.0267. The molecule has 0 rings (SSSR count). The van der Waals surface area contributed by atoms with Crippen LogP contribution in [-0.4, -0.2) is 19.9 Å². The van der Waals surface area contributed by atoms with Gasteiger partial charge in [0.1, 0.15) is 0 Å². The topological polar surface area (TPSA) is 38.3 Å². The third kappa shape index (κ3) is 3.58. The van der Waals surface area contributed by atoms with Crippen molar-refractivity contribution in [1.29, 1.82) is 0 Å². The van der Waals surface area contributed by atoms with Crippen molar-refractivity contribution < 1.29 is 9.53 Å². The summed E-state index contributed by atoms with van der Waals surface area (Å²) in [6.07, 6.45) is 1.39. The lowest BCUT2D eigenvalue weighted by Crippen LogP contribution is -2.08. The molecule has 0 saturated carbocycles. The Labute approximate surface area is 54.7 Å². The minimum Gasteiger partial charge on any atom is -0.482 e. The van der Waals surface area contributed by atoms with Crippen molar-refractivity contribution in [3.05, 3.63) is 12.0 Å². The summed E-state index contributed by atoms with van der Waals surface area (Å²) in [6.45, 7) is 1.47. The average molecular weight is 129 g/mol. The average Bonchev–Trinajstić information content (AvgIpc) is 1.82. The number of rotatable bonds is 3. The zero-order valence-corrected chi connectivity index (χ0v) is 5.89. The van der Waals surface area contributed by atoms with Gasteiger partial charge in [0.25, 0.3) is 0 Å². The third-order valence-corrected chi connectivity index (χ3v) is 0.801. The van der Waals surface area contributed by atoms with Gasteiger partial charge in [-0.3, -0.25) is 4.79 Å². The first kappa shape index (κ1) is 8.01. The highest BCUT2D eigenvalue weighted by Crippen LogP contribution is 1.86. The van der Waals surface area contributed by atoms with E-state index in [1.807, 2.05) is 0 Å². The number of hydrogen-bond acceptors (Lipinski definition) is 3. The van der Waals surface area contributed by atoms with Crippen molar-refractivity contribution in [2.45, 2.75) is 6.92 Å². The van der Waals surface area contributed by atoms with E-state index in [2.05, 4.69) is 5.32 Å². The molecule has 0 bridgehead atoms. The van der Waals surface area contributed by atoms with E-state index in [1.54, 1.807) is 7.05 Å². The van der Waals surface area contributed by atoms with Crippen LogP contribution in [0.1, 0.15) is 6.92 Å². The molecule has 52 valence electrons. The first-order valence-corrected chi connectivity index (χ1v) is 2.64. The minimum absolute atomic E-state index is 0.0267. The van der Waals surface area contributed by atoms with Gasteiger partial charge in [0, 0.05) is 13.1 Å². The Bertz CT molecular complexity index is 123. The Kier molecular flexibility index (Phi) is 3.51. The maximum Gasteiger partial charge on any atom is 0.189 e. The van der Waals surface area contributed by atoms with Gasteiger partial charge >= 0.3 is 0 Å². The zero-order chi connectivity index (χ0) is 7.28. The largest absolute Gasteiger partial charge is 0.482 e. The maximum atomic E-state index is 10.4. The van der Waals surface area contributed by atoms with Crippen molar-refractivity contribution in [2.24, 2.45) is 0 Å². The molecule has 1 N–H and O–H groups in total. The van der Waals surface area contributed by atoms with E-state index in [0.717, 1.165) is 0 Å². The SMILES string of the molecule is CNC(=CC(C)=O)OC. The molecule has 0 radical (unpaired) electrons. The highest BCUT2D eigenvalue weighted by atomic mass is 16.5. The van der Waals surface area contributed by atoms with Gasteiger partial charge in [-0.1, -0.05) is 0 Å². The number of methoxy groups -OCH3 is 1. The number of ether oxygens (including phenoxy) is 1. The Morgan fingerprint density at radius 2 is 2.22 bits per heavy atom. The molecule has 3 nitrogen and oxygen atoms in total. The molecule has 0 heterocycles. The second-order valence-corrected chi connectivity index (χ2v) is 1.57. The van der Waals surface area contributed by atoms with Crippen LogP contribution in [0.4, 0.5) is 0 Å². The van der Waals surface area contributed by atoms with Crippen LogP contribution in [0.3, 0.4) is 0 Å². The van der Waals surface area contributed by atoms with Crippen molar-refractivity contribution in [3.63, 3.8) is 0 Å². The molecule has 0 aromatic rings. The fourth-order valence-electron chi connectivity index (χ4n) is 0.418. The van der Waals surface area contributed by atoms with E-state index in [0.29, 0.717) is 5.88 Å².